The Kier molecular flexibility index (Phi) is 2.69. The molecule has 1 nitrogen and oxygen atoms in total. The maximum absolute atomic E-state index is 3.55. The molecule has 1 heteroatoms. The molecule has 2 rings (SSSR count). The fourth-order valence-electron chi connectivity index (χ4n) is 2.89. The van der Waals surface area contributed by atoms with Gasteiger partial charge in [-0.3, -0.25) is 0 Å². The minimum Gasteiger partial charge on any atom is -0.316 e. The molecule has 2 fully saturated rings. The molecule has 0 spiro atoms. The van der Waals surface area contributed by atoms with E-state index in [1.54, 1.807) is 0 Å². The van der Waals surface area contributed by atoms with Crippen molar-refractivity contribution in [1.29, 1.82) is 0 Å². The van der Waals surface area contributed by atoms with E-state index >= 15 is 0 Å². The van der Waals surface area contributed by atoms with Crippen LogP contribution >= 0.6 is 0 Å². The van der Waals surface area contributed by atoms with E-state index in [2.05, 4.69) is 12.2 Å². The smallest absolute Gasteiger partial charge is 0.00150 e. The molecule has 2 saturated carbocycles. The average Bonchev–Trinajstić information content (AvgIpc) is 2.80. The Bertz CT molecular complexity index is 132. The first-order valence-electron chi connectivity index (χ1n) is 5.64. The Morgan fingerprint density at radius 3 is 2.42 bits per heavy atom. The number of hydrogen-bond donors (Lipinski definition) is 1. The van der Waals surface area contributed by atoms with Crippen molar-refractivity contribution >= 4 is 0 Å². The van der Waals surface area contributed by atoms with E-state index in [4.69, 9.17) is 0 Å². The lowest BCUT2D eigenvalue weighted by atomic mass is 10.0. The van der Waals surface area contributed by atoms with Crippen molar-refractivity contribution in [3.63, 3.8) is 0 Å². The minimum atomic E-state index is 1.07. The number of hydrogen-bond acceptors (Lipinski definition) is 1. The largest absolute Gasteiger partial charge is 0.316 e. The van der Waals surface area contributed by atoms with Gasteiger partial charge in [0.1, 0.15) is 0 Å². The number of rotatable bonds is 4. The standard InChI is InChI=1S/C11H21N/c1-2-7-12-8-11-9-5-3-4-6-10(9)11/h9-12H,2-8H2,1H3. The van der Waals surface area contributed by atoms with E-state index in [-0.39, 0.29) is 0 Å². The fourth-order valence-corrected chi connectivity index (χ4v) is 2.89. The molecule has 0 amide bonds. The summed E-state index contributed by atoms with van der Waals surface area (Å²) in [6.45, 7) is 4.77. The molecule has 2 unspecified atom stereocenters. The van der Waals surface area contributed by atoms with E-state index in [0.29, 0.717) is 0 Å². The lowest BCUT2D eigenvalue weighted by molar-refractivity contribution is 0.480. The highest BCUT2D eigenvalue weighted by Gasteiger charge is 2.49. The van der Waals surface area contributed by atoms with Crippen LogP contribution in [-0.2, 0) is 0 Å². The lowest BCUT2D eigenvalue weighted by Gasteiger charge is -2.04. The Morgan fingerprint density at radius 1 is 1.17 bits per heavy atom. The van der Waals surface area contributed by atoms with Crippen LogP contribution < -0.4 is 5.32 Å². The Morgan fingerprint density at radius 2 is 1.83 bits per heavy atom. The van der Waals surface area contributed by atoms with Gasteiger partial charge in [0.05, 0.1) is 0 Å². The molecule has 0 aromatic rings. The third-order valence-electron chi connectivity index (χ3n) is 3.64. The number of fused-ring (bicyclic) bond motifs is 1. The van der Waals surface area contributed by atoms with Crippen molar-refractivity contribution < 1.29 is 0 Å². The normalized spacial score (nSPS) is 39.2. The zero-order chi connectivity index (χ0) is 8.39. The molecule has 0 aromatic heterocycles. The molecule has 0 aliphatic heterocycles. The fraction of sp³-hybridized carbons (Fsp3) is 1.00. The maximum Gasteiger partial charge on any atom is -0.00150 e. The molecular formula is C11H21N. The van der Waals surface area contributed by atoms with E-state index in [1.807, 2.05) is 0 Å². The van der Waals surface area contributed by atoms with Crippen LogP contribution in [0, 0.1) is 17.8 Å². The predicted octanol–water partition coefficient (Wildman–Crippen LogP) is 2.42. The zero-order valence-electron chi connectivity index (χ0n) is 8.18. The van der Waals surface area contributed by atoms with Crippen LogP contribution in [0.1, 0.15) is 39.0 Å². The monoisotopic (exact) mass is 167 g/mol. The minimum absolute atomic E-state index is 1.07. The van der Waals surface area contributed by atoms with Crippen LogP contribution in [-0.4, -0.2) is 13.1 Å². The molecule has 2 aliphatic carbocycles. The molecule has 0 radical (unpaired) electrons. The molecular weight excluding hydrogens is 146 g/mol. The van der Waals surface area contributed by atoms with Gasteiger partial charge in [0, 0.05) is 0 Å². The molecule has 0 aromatic carbocycles. The summed E-state index contributed by atoms with van der Waals surface area (Å²) in [5, 5.41) is 3.55. The molecule has 0 saturated heterocycles. The highest BCUT2D eigenvalue weighted by atomic mass is 14.9. The van der Waals surface area contributed by atoms with Crippen LogP contribution in [0.5, 0.6) is 0 Å². The lowest BCUT2D eigenvalue weighted by Crippen LogP contribution is -2.18. The molecule has 12 heavy (non-hydrogen) atoms. The summed E-state index contributed by atoms with van der Waals surface area (Å²) in [4.78, 5) is 0. The van der Waals surface area contributed by atoms with Crippen molar-refractivity contribution in [3.8, 4) is 0 Å². The maximum atomic E-state index is 3.55. The van der Waals surface area contributed by atoms with Gasteiger partial charge < -0.3 is 5.32 Å². The second-order valence-corrected chi connectivity index (χ2v) is 4.48. The van der Waals surface area contributed by atoms with E-state index in [9.17, 15) is 0 Å². The highest BCUT2D eigenvalue weighted by Crippen LogP contribution is 2.54. The van der Waals surface area contributed by atoms with Gasteiger partial charge in [-0.15, -0.1) is 0 Å². The van der Waals surface area contributed by atoms with E-state index in [0.717, 1.165) is 17.8 Å². The summed E-state index contributed by atoms with van der Waals surface area (Å²) >= 11 is 0. The first-order valence-corrected chi connectivity index (χ1v) is 5.64. The van der Waals surface area contributed by atoms with Gasteiger partial charge in [-0.2, -0.15) is 0 Å². The van der Waals surface area contributed by atoms with Gasteiger partial charge in [0.15, 0.2) is 0 Å². The van der Waals surface area contributed by atoms with Crippen molar-refractivity contribution in [2.75, 3.05) is 13.1 Å². The van der Waals surface area contributed by atoms with Crippen LogP contribution in [0.4, 0.5) is 0 Å². The van der Waals surface area contributed by atoms with Crippen molar-refractivity contribution in [1.82, 2.24) is 5.32 Å². The molecule has 0 bridgehead atoms. The average molecular weight is 167 g/mol. The summed E-state index contributed by atoms with van der Waals surface area (Å²) in [5.74, 6) is 3.32. The van der Waals surface area contributed by atoms with Crippen molar-refractivity contribution in [2.45, 2.75) is 39.0 Å². The Balaban J connectivity index is 1.64. The first-order chi connectivity index (χ1) is 5.93. The van der Waals surface area contributed by atoms with Gasteiger partial charge in [-0.1, -0.05) is 19.8 Å². The molecule has 2 aliphatic rings. The summed E-state index contributed by atoms with van der Waals surface area (Å²) in [6, 6.07) is 0. The SMILES string of the molecule is CCCNCC1C2CCCCC21. The molecule has 2 atom stereocenters. The third kappa shape index (κ3) is 1.66. The molecule has 70 valence electrons. The van der Waals surface area contributed by atoms with Gasteiger partial charge in [-0.25, -0.2) is 0 Å². The van der Waals surface area contributed by atoms with Crippen LogP contribution in [0.3, 0.4) is 0 Å². The first kappa shape index (κ1) is 8.55. The van der Waals surface area contributed by atoms with Crippen LogP contribution in [0.25, 0.3) is 0 Å². The van der Waals surface area contributed by atoms with E-state index < -0.39 is 0 Å². The van der Waals surface area contributed by atoms with E-state index in [1.165, 1.54) is 45.2 Å². The molecule has 1 N–H and O–H groups in total. The van der Waals surface area contributed by atoms with Gasteiger partial charge in [0.25, 0.3) is 0 Å². The Labute approximate surface area is 75.9 Å². The van der Waals surface area contributed by atoms with Gasteiger partial charge in [-0.05, 0) is 50.1 Å². The third-order valence-corrected chi connectivity index (χ3v) is 3.64. The second kappa shape index (κ2) is 3.78. The van der Waals surface area contributed by atoms with Crippen LogP contribution in [0.15, 0.2) is 0 Å². The number of nitrogens with one attached hydrogen (secondary N) is 1. The zero-order valence-corrected chi connectivity index (χ0v) is 8.18. The Hall–Kier alpha value is -0.0400. The quantitative estimate of drug-likeness (QED) is 0.634. The van der Waals surface area contributed by atoms with Crippen LogP contribution in [0.2, 0.25) is 0 Å². The van der Waals surface area contributed by atoms with Gasteiger partial charge >= 0.3 is 0 Å². The topological polar surface area (TPSA) is 12.0 Å². The van der Waals surface area contributed by atoms with Crippen molar-refractivity contribution in [3.05, 3.63) is 0 Å². The van der Waals surface area contributed by atoms with Crippen molar-refractivity contribution in [2.24, 2.45) is 17.8 Å². The summed E-state index contributed by atoms with van der Waals surface area (Å²) in [6.07, 6.45) is 7.35. The molecule has 0 heterocycles. The second-order valence-electron chi connectivity index (χ2n) is 4.48. The summed E-state index contributed by atoms with van der Waals surface area (Å²) in [7, 11) is 0. The predicted molar refractivity (Wildman–Crippen MR) is 52.1 cm³/mol. The highest BCUT2D eigenvalue weighted by molar-refractivity contribution is 4.99. The summed E-state index contributed by atoms with van der Waals surface area (Å²) < 4.78 is 0. The van der Waals surface area contributed by atoms with Gasteiger partial charge in [0.2, 0.25) is 0 Å². The summed E-state index contributed by atoms with van der Waals surface area (Å²) in [5.41, 5.74) is 0.